The number of thiol groups is 2. The fourth-order valence-corrected chi connectivity index (χ4v) is 3.13. The summed E-state index contributed by atoms with van der Waals surface area (Å²) in [7, 11) is 0. The molecule has 8 N–H and O–H groups in total. The van der Waals surface area contributed by atoms with E-state index in [-0.39, 0.29) is 24.3 Å². The molecular formula is C16H29N5O6S3. The molecule has 0 saturated heterocycles. The third-order valence-corrected chi connectivity index (χ3v) is 5.27. The van der Waals surface area contributed by atoms with Crippen LogP contribution in [0.1, 0.15) is 19.3 Å². The van der Waals surface area contributed by atoms with E-state index < -0.39 is 53.8 Å². The highest BCUT2D eigenvalue weighted by molar-refractivity contribution is 7.98. The maximum atomic E-state index is 12.5. The molecule has 0 aliphatic rings. The zero-order valence-corrected chi connectivity index (χ0v) is 19.1. The van der Waals surface area contributed by atoms with Gasteiger partial charge in [-0.25, -0.2) is 4.79 Å². The summed E-state index contributed by atoms with van der Waals surface area (Å²) in [6.45, 7) is 0. The van der Waals surface area contributed by atoms with Crippen molar-refractivity contribution in [3.63, 3.8) is 0 Å². The van der Waals surface area contributed by atoms with Gasteiger partial charge >= 0.3 is 5.97 Å². The van der Waals surface area contributed by atoms with Crippen molar-refractivity contribution in [2.75, 3.05) is 23.5 Å². The first-order chi connectivity index (χ1) is 14.1. The van der Waals surface area contributed by atoms with E-state index in [9.17, 15) is 24.0 Å². The van der Waals surface area contributed by atoms with E-state index in [1.807, 2.05) is 6.26 Å². The first-order valence-corrected chi connectivity index (χ1v) is 11.6. The number of aliphatic carboxylic acids is 1. The normalized spacial score (nSPS) is 14.7. The average Bonchev–Trinajstić information content (AvgIpc) is 2.70. The number of hydrogen-bond donors (Lipinski definition) is 8. The van der Waals surface area contributed by atoms with Crippen LogP contribution in [0.3, 0.4) is 0 Å². The molecule has 0 aliphatic carbocycles. The zero-order chi connectivity index (χ0) is 23.3. The maximum absolute atomic E-state index is 12.5. The smallest absolute Gasteiger partial charge is 0.327 e. The van der Waals surface area contributed by atoms with Gasteiger partial charge in [0.05, 0.1) is 6.04 Å². The first-order valence-electron chi connectivity index (χ1n) is 8.95. The van der Waals surface area contributed by atoms with Crippen LogP contribution < -0.4 is 27.4 Å². The second kappa shape index (κ2) is 15.2. The molecule has 0 aliphatic heterocycles. The van der Waals surface area contributed by atoms with E-state index in [2.05, 4.69) is 41.2 Å². The van der Waals surface area contributed by atoms with Crippen LogP contribution in [0.5, 0.6) is 0 Å². The largest absolute Gasteiger partial charge is 0.480 e. The molecule has 0 bridgehead atoms. The fourth-order valence-electron chi connectivity index (χ4n) is 2.13. The van der Waals surface area contributed by atoms with Crippen LogP contribution in [0.2, 0.25) is 0 Å². The molecule has 0 saturated carbocycles. The summed E-state index contributed by atoms with van der Waals surface area (Å²) in [5.41, 5.74) is 10.9. The van der Waals surface area contributed by atoms with Crippen molar-refractivity contribution in [1.29, 1.82) is 0 Å². The van der Waals surface area contributed by atoms with Gasteiger partial charge in [0.1, 0.15) is 18.1 Å². The van der Waals surface area contributed by atoms with E-state index in [0.29, 0.717) is 12.2 Å². The first kappa shape index (κ1) is 28.4. The van der Waals surface area contributed by atoms with Crippen molar-refractivity contribution in [2.24, 2.45) is 11.5 Å². The van der Waals surface area contributed by atoms with Gasteiger partial charge in [0.25, 0.3) is 0 Å². The Morgan fingerprint density at radius 1 is 0.900 bits per heavy atom. The SMILES string of the molecule is CSCCC(N)C(=O)NC(CS)C(=O)NC(CCC(N)=O)C(=O)NC(CS)C(=O)O. The molecule has 0 fully saturated rings. The predicted molar refractivity (Wildman–Crippen MR) is 121 cm³/mol. The summed E-state index contributed by atoms with van der Waals surface area (Å²) < 4.78 is 0. The molecule has 11 nitrogen and oxygen atoms in total. The molecule has 30 heavy (non-hydrogen) atoms. The van der Waals surface area contributed by atoms with E-state index in [1.165, 1.54) is 11.8 Å². The third-order valence-electron chi connectivity index (χ3n) is 3.89. The Hall–Kier alpha value is -1.64. The second-order valence-electron chi connectivity index (χ2n) is 6.28. The number of carbonyl (C=O) groups excluding carboxylic acids is 4. The molecular weight excluding hydrogens is 454 g/mol. The minimum Gasteiger partial charge on any atom is -0.480 e. The van der Waals surface area contributed by atoms with Gasteiger partial charge in [0.2, 0.25) is 23.6 Å². The van der Waals surface area contributed by atoms with Crippen LogP contribution >= 0.6 is 37.0 Å². The number of thioether (sulfide) groups is 1. The molecule has 0 aromatic carbocycles. The number of primary amides is 1. The van der Waals surface area contributed by atoms with Crippen LogP contribution in [0, 0.1) is 0 Å². The number of rotatable bonds is 15. The Morgan fingerprint density at radius 3 is 1.87 bits per heavy atom. The van der Waals surface area contributed by atoms with Crippen LogP contribution in [-0.2, 0) is 24.0 Å². The van der Waals surface area contributed by atoms with Crippen molar-refractivity contribution >= 4 is 66.6 Å². The third kappa shape index (κ3) is 10.9. The Kier molecular flexibility index (Phi) is 14.4. The van der Waals surface area contributed by atoms with Gasteiger partial charge in [-0.15, -0.1) is 0 Å². The van der Waals surface area contributed by atoms with Crippen molar-refractivity contribution < 1.29 is 29.1 Å². The highest BCUT2D eigenvalue weighted by atomic mass is 32.2. The highest BCUT2D eigenvalue weighted by Gasteiger charge is 2.29. The molecule has 172 valence electrons. The Balaban J connectivity index is 5.17. The molecule has 0 radical (unpaired) electrons. The van der Waals surface area contributed by atoms with Gasteiger partial charge in [0, 0.05) is 17.9 Å². The van der Waals surface area contributed by atoms with Crippen molar-refractivity contribution in [3.05, 3.63) is 0 Å². The Labute approximate surface area is 190 Å². The monoisotopic (exact) mass is 483 g/mol. The Bertz CT molecular complexity index is 624. The number of carbonyl (C=O) groups is 5. The average molecular weight is 484 g/mol. The number of carboxylic acid groups (broad SMARTS) is 1. The van der Waals surface area contributed by atoms with Gasteiger partial charge in [-0.3, -0.25) is 19.2 Å². The van der Waals surface area contributed by atoms with E-state index in [1.54, 1.807) is 0 Å². The quantitative estimate of drug-likeness (QED) is 0.119. The molecule has 4 amide bonds. The summed E-state index contributed by atoms with van der Waals surface area (Å²) in [5.74, 6) is -3.71. The van der Waals surface area contributed by atoms with Crippen molar-refractivity contribution in [3.8, 4) is 0 Å². The van der Waals surface area contributed by atoms with Gasteiger partial charge in [-0.2, -0.15) is 37.0 Å². The summed E-state index contributed by atoms with van der Waals surface area (Å²) in [6, 6.07) is -4.45. The Morgan fingerprint density at radius 2 is 1.40 bits per heavy atom. The molecule has 0 heterocycles. The molecule has 4 atom stereocenters. The fraction of sp³-hybridized carbons (Fsp3) is 0.688. The summed E-state index contributed by atoms with van der Waals surface area (Å²) in [6.07, 6.45) is 1.90. The van der Waals surface area contributed by atoms with E-state index in [0.717, 1.165) is 0 Å². The van der Waals surface area contributed by atoms with Gasteiger partial charge in [0.15, 0.2) is 0 Å². The molecule has 4 unspecified atom stereocenters. The topological polar surface area (TPSA) is 194 Å². The standard InChI is InChI=1S/C16H29N5O6S3/c1-30-5-4-8(17)13(23)20-10(6-28)15(25)19-9(2-3-12(18)22)14(24)21-11(7-29)16(26)27/h8-11,28-29H,2-7,17H2,1H3,(H2,18,22)(H,19,25)(H,20,23)(H,21,24)(H,26,27). The number of amides is 4. The lowest BCUT2D eigenvalue weighted by Gasteiger charge is -2.24. The van der Waals surface area contributed by atoms with Crippen LogP contribution in [0.25, 0.3) is 0 Å². The summed E-state index contributed by atoms with van der Waals surface area (Å²) >= 11 is 9.42. The number of nitrogens with two attached hydrogens (primary N) is 2. The zero-order valence-electron chi connectivity index (χ0n) is 16.5. The van der Waals surface area contributed by atoms with Gasteiger partial charge in [-0.1, -0.05) is 0 Å². The van der Waals surface area contributed by atoms with Gasteiger partial charge < -0.3 is 32.5 Å². The van der Waals surface area contributed by atoms with Crippen LogP contribution in [0.15, 0.2) is 0 Å². The van der Waals surface area contributed by atoms with Crippen molar-refractivity contribution in [2.45, 2.75) is 43.4 Å². The molecule has 0 rings (SSSR count). The summed E-state index contributed by atoms with van der Waals surface area (Å²) in [5, 5.41) is 16.1. The lowest BCUT2D eigenvalue weighted by molar-refractivity contribution is -0.141. The van der Waals surface area contributed by atoms with Crippen molar-refractivity contribution in [1.82, 2.24) is 16.0 Å². The lowest BCUT2D eigenvalue weighted by atomic mass is 10.1. The highest BCUT2D eigenvalue weighted by Crippen LogP contribution is 2.03. The molecule has 0 aromatic heterocycles. The molecule has 0 spiro atoms. The number of hydrogen-bond acceptors (Lipinski definition) is 9. The minimum absolute atomic E-state index is 0.0780. The number of nitrogens with one attached hydrogen (secondary N) is 3. The molecule has 0 aromatic rings. The maximum Gasteiger partial charge on any atom is 0.327 e. The number of carboxylic acids is 1. The van der Waals surface area contributed by atoms with E-state index in [4.69, 9.17) is 16.6 Å². The van der Waals surface area contributed by atoms with Gasteiger partial charge in [-0.05, 0) is 24.9 Å². The summed E-state index contributed by atoms with van der Waals surface area (Å²) in [4.78, 5) is 59.3. The second-order valence-corrected chi connectivity index (χ2v) is 8.00. The molecule has 14 heteroatoms. The minimum atomic E-state index is -1.31. The van der Waals surface area contributed by atoms with E-state index >= 15 is 0 Å². The van der Waals surface area contributed by atoms with Crippen LogP contribution in [-0.4, -0.2) is 82.4 Å². The lowest BCUT2D eigenvalue weighted by Crippen LogP contribution is -2.58. The van der Waals surface area contributed by atoms with Crippen LogP contribution in [0.4, 0.5) is 0 Å². The predicted octanol–water partition coefficient (Wildman–Crippen LogP) is -2.27.